The smallest absolute Gasteiger partial charge is 0.356 e. The molecule has 0 bridgehead atoms. The van der Waals surface area contributed by atoms with E-state index in [1.165, 1.54) is 52.1 Å². The molecule has 0 spiro atoms. The summed E-state index contributed by atoms with van der Waals surface area (Å²) < 4.78 is 11.0. The van der Waals surface area contributed by atoms with E-state index >= 15 is 0 Å². The lowest BCUT2D eigenvalue weighted by molar-refractivity contribution is 0.00567. The fourth-order valence-corrected chi connectivity index (χ4v) is 2.70. The second-order valence-corrected chi connectivity index (χ2v) is 6.90. The van der Waals surface area contributed by atoms with Crippen LogP contribution in [0.5, 0.6) is 5.75 Å². The molecule has 0 atom stereocenters. The summed E-state index contributed by atoms with van der Waals surface area (Å²) in [6.07, 6.45) is 0. The van der Waals surface area contributed by atoms with Crippen LogP contribution in [0.1, 0.15) is 62.5 Å². The molecule has 3 N–H and O–H groups in total. The van der Waals surface area contributed by atoms with E-state index in [0.29, 0.717) is 5.75 Å². The molecule has 0 saturated carbocycles. The molecule has 1 aromatic heterocycles. The van der Waals surface area contributed by atoms with E-state index in [-0.39, 0.29) is 5.69 Å². The lowest BCUT2D eigenvalue weighted by Crippen LogP contribution is -2.27. The molecular formula is C19H19NO9. The number of carbonyl (C=O) groups is 4. The van der Waals surface area contributed by atoms with Gasteiger partial charge in [-0.3, -0.25) is 4.57 Å². The molecule has 0 aliphatic rings. The van der Waals surface area contributed by atoms with Crippen LogP contribution in [0.25, 0.3) is 5.69 Å². The summed E-state index contributed by atoms with van der Waals surface area (Å²) in [4.78, 5) is 48.3. The number of ether oxygens (including phenoxy) is 2. The number of nitrogens with zero attached hydrogens (tertiary/aromatic N) is 1. The summed E-state index contributed by atoms with van der Waals surface area (Å²) in [7, 11) is 1.41. The molecule has 1 aromatic carbocycles. The van der Waals surface area contributed by atoms with E-state index < -0.39 is 52.0 Å². The van der Waals surface area contributed by atoms with E-state index in [2.05, 4.69) is 0 Å². The Kier molecular flexibility index (Phi) is 5.67. The van der Waals surface area contributed by atoms with E-state index in [1.54, 1.807) is 0 Å². The van der Waals surface area contributed by atoms with Crippen molar-refractivity contribution in [3.63, 3.8) is 0 Å². The van der Waals surface area contributed by atoms with Gasteiger partial charge in [-0.1, -0.05) is 0 Å². The maximum atomic E-state index is 12.8. The van der Waals surface area contributed by atoms with Crippen LogP contribution in [0, 0.1) is 0 Å². The zero-order valence-corrected chi connectivity index (χ0v) is 16.0. The Balaban J connectivity index is 2.99. The molecule has 10 heteroatoms. The zero-order chi connectivity index (χ0) is 22.1. The van der Waals surface area contributed by atoms with Crippen LogP contribution < -0.4 is 4.74 Å². The van der Waals surface area contributed by atoms with Crippen molar-refractivity contribution in [2.45, 2.75) is 26.4 Å². The minimum absolute atomic E-state index is 0.0408. The number of benzene rings is 1. The van der Waals surface area contributed by atoms with Crippen molar-refractivity contribution in [2.75, 3.05) is 7.11 Å². The summed E-state index contributed by atoms with van der Waals surface area (Å²) in [6.45, 7) is 4.59. The second kappa shape index (κ2) is 7.66. The highest BCUT2D eigenvalue weighted by Crippen LogP contribution is 2.30. The summed E-state index contributed by atoms with van der Waals surface area (Å²) in [6, 6.07) is 5.61. The first kappa shape index (κ1) is 21.5. The molecule has 29 heavy (non-hydrogen) atoms. The van der Waals surface area contributed by atoms with E-state index in [1.807, 2.05) is 0 Å². The summed E-state index contributed by atoms with van der Waals surface area (Å²) in [5, 5.41) is 28.7. The van der Waals surface area contributed by atoms with Gasteiger partial charge in [-0.2, -0.15) is 0 Å². The molecule has 154 valence electrons. The number of carboxylic acids is 3. The van der Waals surface area contributed by atoms with E-state index in [4.69, 9.17) is 9.47 Å². The van der Waals surface area contributed by atoms with Crippen LogP contribution in [-0.4, -0.2) is 56.5 Å². The second-order valence-electron chi connectivity index (χ2n) is 6.90. The molecule has 0 radical (unpaired) electrons. The van der Waals surface area contributed by atoms with Crippen molar-refractivity contribution in [2.24, 2.45) is 0 Å². The van der Waals surface area contributed by atoms with Gasteiger partial charge in [0.05, 0.1) is 7.11 Å². The number of aromatic nitrogens is 1. The number of hydrogen-bond acceptors (Lipinski definition) is 6. The number of methoxy groups -OCH3 is 1. The number of aromatic carboxylic acids is 3. The Hall–Kier alpha value is -3.82. The number of hydrogen-bond donors (Lipinski definition) is 3. The quantitative estimate of drug-likeness (QED) is 0.615. The molecule has 1 heterocycles. The Labute approximate surface area is 164 Å². The number of carboxylic acid groups (broad SMARTS) is 3. The highest BCUT2D eigenvalue weighted by molar-refractivity contribution is 6.14. The molecular weight excluding hydrogens is 386 g/mol. The maximum absolute atomic E-state index is 12.8. The van der Waals surface area contributed by atoms with Crippen molar-refractivity contribution in [1.82, 2.24) is 4.57 Å². The molecule has 0 aliphatic carbocycles. The van der Waals surface area contributed by atoms with Gasteiger partial charge in [-0.25, -0.2) is 19.2 Å². The number of carbonyl (C=O) groups excluding carboxylic acids is 1. The molecule has 0 unspecified atom stereocenters. The Bertz CT molecular complexity index is 994. The Morgan fingerprint density at radius 1 is 0.828 bits per heavy atom. The van der Waals surface area contributed by atoms with Crippen molar-refractivity contribution in [3.05, 3.63) is 46.8 Å². The van der Waals surface area contributed by atoms with Crippen LogP contribution in [0.4, 0.5) is 0 Å². The predicted molar refractivity (Wildman–Crippen MR) is 98.4 cm³/mol. The SMILES string of the molecule is COc1ccc(-n2c(C(=O)O)c(C(=O)O)c(C(=O)O)c2C(=O)OC(C)(C)C)cc1. The Morgan fingerprint density at radius 3 is 1.69 bits per heavy atom. The third-order valence-corrected chi connectivity index (χ3v) is 3.72. The van der Waals surface area contributed by atoms with Crippen molar-refractivity contribution in [3.8, 4) is 11.4 Å². The van der Waals surface area contributed by atoms with Crippen LogP contribution >= 0.6 is 0 Å². The highest BCUT2D eigenvalue weighted by atomic mass is 16.6. The lowest BCUT2D eigenvalue weighted by Gasteiger charge is -2.21. The van der Waals surface area contributed by atoms with Crippen LogP contribution in [-0.2, 0) is 4.74 Å². The summed E-state index contributed by atoms with van der Waals surface area (Å²) in [5.41, 5.74) is -4.61. The lowest BCUT2D eigenvalue weighted by atomic mass is 10.1. The fourth-order valence-electron chi connectivity index (χ4n) is 2.70. The van der Waals surface area contributed by atoms with Gasteiger partial charge in [0.15, 0.2) is 0 Å². The van der Waals surface area contributed by atoms with E-state index in [0.717, 1.165) is 4.57 Å². The largest absolute Gasteiger partial charge is 0.497 e. The molecule has 10 nitrogen and oxygen atoms in total. The van der Waals surface area contributed by atoms with Gasteiger partial charge in [-0.15, -0.1) is 0 Å². The zero-order valence-electron chi connectivity index (χ0n) is 16.0. The van der Waals surface area contributed by atoms with Gasteiger partial charge in [-0.05, 0) is 45.0 Å². The molecule has 2 rings (SSSR count). The first-order chi connectivity index (χ1) is 13.4. The number of rotatable bonds is 6. The molecule has 2 aromatic rings. The van der Waals surface area contributed by atoms with Crippen LogP contribution in [0.2, 0.25) is 0 Å². The van der Waals surface area contributed by atoms with Gasteiger partial charge in [0, 0.05) is 5.69 Å². The predicted octanol–water partition coefficient (Wildman–Crippen LogP) is 2.54. The first-order valence-corrected chi connectivity index (χ1v) is 8.25. The standard InChI is InChI=1S/C19H19NO9/c1-19(2,3)29-18(27)14-12(16(23)24)11(15(21)22)13(17(25)26)20(14)9-5-7-10(28-4)8-6-9/h5-8H,1-4H3,(H,21,22)(H,23,24)(H,25,26). The third-order valence-electron chi connectivity index (χ3n) is 3.72. The van der Waals surface area contributed by atoms with Gasteiger partial charge >= 0.3 is 23.9 Å². The van der Waals surface area contributed by atoms with Crippen molar-refractivity contribution >= 4 is 23.9 Å². The average molecular weight is 405 g/mol. The van der Waals surface area contributed by atoms with Gasteiger partial charge < -0.3 is 24.8 Å². The Morgan fingerprint density at radius 2 is 1.31 bits per heavy atom. The maximum Gasteiger partial charge on any atom is 0.356 e. The first-order valence-electron chi connectivity index (χ1n) is 8.25. The minimum Gasteiger partial charge on any atom is -0.497 e. The summed E-state index contributed by atoms with van der Waals surface area (Å²) in [5.74, 6) is -6.08. The van der Waals surface area contributed by atoms with Gasteiger partial charge in [0.25, 0.3) is 0 Å². The molecule has 0 amide bonds. The van der Waals surface area contributed by atoms with Crippen molar-refractivity contribution in [1.29, 1.82) is 0 Å². The van der Waals surface area contributed by atoms with Crippen LogP contribution in [0.15, 0.2) is 24.3 Å². The van der Waals surface area contributed by atoms with Crippen molar-refractivity contribution < 1.29 is 44.0 Å². The highest BCUT2D eigenvalue weighted by Gasteiger charge is 2.39. The third kappa shape index (κ3) is 4.21. The van der Waals surface area contributed by atoms with Gasteiger partial charge in [0.1, 0.15) is 33.9 Å². The van der Waals surface area contributed by atoms with Gasteiger partial charge in [0.2, 0.25) is 0 Å². The van der Waals surface area contributed by atoms with Crippen LogP contribution in [0.3, 0.4) is 0 Å². The van der Waals surface area contributed by atoms with E-state index in [9.17, 15) is 34.5 Å². The monoisotopic (exact) mass is 405 g/mol. The average Bonchev–Trinajstić information content (AvgIpc) is 2.97. The molecule has 0 fully saturated rings. The fraction of sp³-hybridized carbons (Fsp3) is 0.263. The number of esters is 1. The minimum atomic E-state index is -1.81. The topological polar surface area (TPSA) is 152 Å². The normalized spacial score (nSPS) is 11.0. The molecule has 0 aliphatic heterocycles. The summed E-state index contributed by atoms with van der Waals surface area (Å²) >= 11 is 0. The molecule has 0 saturated heterocycles.